The molecular formula is C17H18N2O4. The number of methoxy groups -OCH3 is 1. The average molecular weight is 314 g/mol. The maximum atomic E-state index is 11.9. The molecule has 23 heavy (non-hydrogen) atoms. The predicted octanol–water partition coefficient (Wildman–Crippen LogP) is 2.97. The Bertz CT molecular complexity index is 683. The molecular weight excluding hydrogens is 296 g/mol. The highest BCUT2D eigenvalue weighted by Gasteiger charge is 2.08. The summed E-state index contributed by atoms with van der Waals surface area (Å²) >= 11 is 0. The molecule has 0 saturated heterocycles. The summed E-state index contributed by atoms with van der Waals surface area (Å²) in [5.41, 5.74) is 1.53. The van der Waals surface area contributed by atoms with E-state index >= 15 is 0 Å². The summed E-state index contributed by atoms with van der Waals surface area (Å²) in [5.74, 6) is 0.586. The molecule has 0 fully saturated rings. The number of aryl methyl sites for hydroxylation is 1. The van der Waals surface area contributed by atoms with Crippen molar-refractivity contribution < 1.29 is 14.5 Å². The first-order valence-corrected chi connectivity index (χ1v) is 7.26. The van der Waals surface area contributed by atoms with Gasteiger partial charge in [0.15, 0.2) is 0 Å². The number of rotatable bonds is 7. The van der Waals surface area contributed by atoms with E-state index in [1.807, 2.05) is 24.3 Å². The van der Waals surface area contributed by atoms with Crippen molar-refractivity contribution in [2.24, 2.45) is 0 Å². The van der Waals surface area contributed by atoms with Crippen LogP contribution in [-0.2, 0) is 6.42 Å². The van der Waals surface area contributed by atoms with E-state index in [0.717, 1.165) is 24.2 Å². The first-order chi connectivity index (χ1) is 11.1. The van der Waals surface area contributed by atoms with Gasteiger partial charge >= 0.3 is 0 Å². The highest BCUT2D eigenvalue weighted by Crippen LogP contribution is 2.14. The van der Waals surface area contributed by atoms with Gasteiger partial charge in [0.2, 0.25) is 0 Å². The molecule has 0 aliphatic rings. The van der Waals surface area contributed by atoms with Crippen LogP contribution in [0.4, 0.5) is 5.69 Å². The second-order valence-electron chi connectivity index (χ2n) is 5.01. The molecule has 1 amide bonds. The highest BCUT2D eigenvalue weighted by atomic mass is 16.6. The zero-order valence-electron chi connectivity index (χ0n) is 12.8. The number of nitro benzene ring substituents is 1. The third-order valence-corrected chi connectivity index (χ3v) is 3.40. The Morgan fingerprint density at radius 3 is 2.61 bits per heavy atom. The lowest BCUT2D eigenvalue weighted by molar-refractivity contribution is -0.384. The SMILES string of the molecule is COc1cccc(CCCNC(=O)c2ccc([N+](=O)[O-])cc2)c1. The number of nitrogens with zero attached hydrogens (tertiary/aromatic N) is 1. The smallest absolute Gasteiger partial charge is 0.269 e. The van der Waals surface area contributed by atoms with Crippen molar-refractivity contribution in [3.63, 3.8) is 0 Å². The van der Waals surface area contributed by atoms with E-state index in [1.54, 1.807) is 7.11 Å². The van der Waals surface area contributed by atoms with Crippen molar-refractivity contribution in [3.05, 3.63) is 69.8 Å². The maximum absolute atomic E-state index is 11.9. The van der Waals surface area contributed by atoms with Crippen molar-refractivity contribution in [2.75, 3.05) is 13.7 Å². The number of carbonyl (C=O) groups is 1. The maximum Gasteiger partial charge on any atom is 0.269 e. The molecule has 2 aromatic carbocycles. The van der Waals surface area contributed by atoms with Gasteiger partial charge in [0.25, 0.3) is 11.6 Å². The Morgan fingerprint density at radius 2 is 1.96 bits per heavy atom. The van der Waals surface area contributed by atoms with Crippen LogP contribution in [0.25, 0.3) is 0 Å². The third kappa shape index (κ3) is 4.81. The fraction of sp³-hybridized carbons (Fsp3) is 0.235. The molecule has 1 N–H and O–H groups in total. The van der Waals surface area contributed by atoms with Gasteiger partial charge in [-0.1, -0.05) is 12.1 Å². The second-order valence-corrected chi connectivity index (χ2v) is 5.01. The highest BCUT2D eigenvalue weighted by molar-refractivity contribution is 5.94. The molecule has 0 heterocycles. The van der Waals surface area contributed by atoms with Crippen molar-refractivity contribution in [1.82, 2.24) is 5.32 Å². The van der Waals surface area contributed by atoms with Crippen LogP contribution >= 0.6 is 0 Å². The average Bonchev–Trinajstić information content (AvgIpc) is 2.58. The summed E-state index contributed by atoms with van der Waals surface area (Å²) in [6.07, 6.45) is 1.63. The summed E-state index contributed by atoms with van der Waals surface area (Å²) < 4.78 is 5.17. The van der Waals surface area contributed by atoms with Crippen molar-refractivity contribution in [3.8, 4) is 5.75 Å². The van der Waals surface area contributed by atoms with E-state index in [4.69, 9.17) is 4.74 Å². The van der Waals surface area contributed by atoms with Gasteiger partial charge in [-0.25, -0.2) is 0 Å². The van der Waals surface area contributed by atoms with Crippen LogP contribution in [-0.4, -0.2) is 24.5 Å². The van der Waals surface area contributed by atoms with E-state index in [2.05, 4.69) is 5.32 Å². The largest absolute Gasteiger partial charge is 0.497 e. The van der Waals surface area contributed by atoms with Gasteiger partial charge in [0.1, 0.15) is 5.75 Å². The molecule has 0 spiro atoms. The molecule has 2 rings (SSSR count). The van der Waals surface area contributed by atoms with E-state index in [0.29, 0.717) is 12.1 Å². The number of hydrogen-bond donors (Lipinski definition) is 1. The van der Waals surface area contributed by atoms with Crippen molar-refractivity contribution >= 4 is 11.6 Å². The molecule has 2 aromatic rings. The predicted molar refractivity (Wildman–Crippen MR) is 86.7 cm³/mol. The molecule has 0 unspecified atom stereocenters. The number of benzene rings is 2. The molecule has 6 nitrogen and oxygen atoms in total. The Kier molecular flexibility index (Phi) is 5.68. The van der Waals surface area contributed by atoms with Crippen molar-refractivity contribution in [1.29, 1.82) is 0 Å². The summed E-state index contributed by atoms with van der Waals surface area (Å²) in [6.45, 7) is 0.535. The fourth-order valence-corrected chi connectivity index (χ4v) is 2.16. The zero-order valence-corrected chi connectivity index (χ0v) is 12.8. The van der Waals surface area contributed by atoms with Crippen LogP contribution in [0, 0.1) is 10.1 Å². The lowest BCUT2D eigenvalue weighted by Gasteiger charge is -2.06. The zero-order chi connectivity index (χ0) is 16.7. The monoisotopic (exact) mass is 314 g/mol. The number of hydrogen-bond acceptors (Lipinski definition) is 4. The molecule has 0 bridgehead atoms. The fourth-order valence-electron chi connectivity index (χ4n) is 2.16. The number of ether oxygens (including phenoxy) is 1. The van der Waals surface area contributed by atoms with Gasteiger partial charge in [0.05, 0.1) is 12.0 Å². The minimum Gasteiger partial charge on any atom is -0.497 e. The molecule has 0 aliphatic heterocycles. The Labute approximate surface area is 134 Å². The summed E-state index contributed by atoms with van der Waals surface area (Å²) in [7, 11) is 1.63. The van der Waals surface area contributed by atoms with E-state index in [1.165, 1.54) is 24.3 Å². The Hall–Kier alpha value is -2.89. The normalized spacial score (nSPS) is 10.1. The molecule has 0 radical (unpaired) electrons. The number of nitro groups is 1. The summed E-state index contributed by atoms with van der Waals surface area (Å²) in [6, 6.07) is 13.4. The second kappa shape index (κ2) is 7.93. The minimum atomic E-state index is -0.490. The molecule has 0 saturated carbocycles. The van der Waals surface area contributed by atoms with Gasteiger partial charge < -0.3 is 10.1 Å². The first kappa shape index (κ1) is 16.5. The summed E-state index contributed by atoms with van der Waals surface area (Å²) in [5, 5.41) is 13.4. The van der Waals surface area contributed by atoms with E-state index < -0.39 is 4.92 Å². The first-order valence-electron chi connectivity index (χ1n) is 7.26. The van der Waals surface area contributed by atoms with E-state index in [-0.39, 0.29) is 11.6 Å². The lowest BCUT2D eigenvalue weighted by Crippen LogP contribution is -2.24. The third-order valence-electron chi connectivity index (χ3n) is 3.40. The summed E-state index contributed by atoms with van der Waals surface area (Å²) in [4.78, 5) is 22.0. The number of carbonyl (C=O) groups excluding carboxylic acids is 1. The van der Waals surface area contributed by atoms with Gasteiger partial charge in [-0.3, -0.25) is 14.9 Å². The number of amides is 1. The standard InChI is InChI=1S/C17H18N2O4/c1-23-16-6-2-4-13(12-16)5-3-11-18-17(20)14-7-9-15(10-8-14)19(21)22/h2,4,6-10,12H,3,5,11H2,1H3,(H,18,20). The quantitative estimate of drug-likeness (QED) is 0.484. The van der Waals surface area contributed by atoms with Crippen LogP contribution in [0.3, 0.4) is 0 Å². The molecule has 0 aliphatic carbocycles. The number of non-ortho nitro benzene ring substituents is 1. The Morgan fingerprint density at radius 1 is 1.22 bits per heavy atom. The van der Waals surface area contributed by atoms with Gasteiger partial charge in [-0.2, -0.15) is 0 Å². The van der Waals surface area contributed by atoms with Crippen LogP contribution in [0.1, 0.15) is 22.3 Å². The molecule has 6 heteroatoms. The number of nitrogens with one attached hydrogen (secondary N) is 1. The molecule has 0 aromatic heterocycles. The van der Waals surface area contributed by atoms with Crippen LogP contribution in [0.5, 0.6) is 5.75 Å². The van der Waals surface area contributed by atoms with Crippen molar-refractivity contribution in [2.45, 2.75) is 12.8 Å². The van der Waals surface area contributed by atoms with Crippen LogP contribution in [0.2, 0.25) is 0 Å². The lowest BCUT2D eigenvalue weighted by atomic mass is 10.1. The minimum absolute atomic E-state index is 0.0282. The molecule has 120 valence electrons. The molecule has 0 atom stereocenters. The van der Waals surface area contributed by atoms with Gasteiger partial charge in [0, 0.05) is 24.2 Å². The van der Waals surface area contributed by atoms with Crippen LogP contribution < -0.4 is 10.1 Å². The van der Waals surface area contributed by atoms with Gasteiger partial charge in [-0.15, -0.1) is 0 Å². The topological polar surface area (TPSA) is 81.5 Å². The van der Waals surface area contributed by atoms with E-state index in [9.17, 15) is 14.9 Å². The van der Waals surface area contributed by atoms with Crippen LogP contribution in [0.15, 0.2) is 48.5 Å². The Balaban J connectivity index is 1.79. The van der Waals surface area contributed by atoms with Gasteiger partial charge in [-0.05, 0) is 42.7 Å².